The lowest BCUT2D eigenvalue weighted by Crippen LogP contribution is -2.32. The molecule has 0 atom stereocenters. The maximum atomic E-state index is 12.7. The Kier molecular flexibility index (Phi) is 5.63. The van der Waals surface area contributed by atoms with Crippen molar-refractivity contribution in [2.75, 3.05) is 5.32 Å². The molecule has 6 heteroatoms. The van der Waals surface area contributed by atoms with E-state index in [-0.39, 0.29) is 18.7 Å². The van der Waals surface area contributed by atoms with Gasteiger partial charge in [-0.25, -0.2) is 4.98 Å². The van der Waals surface area contributed by atoms with Gasteiger partial charge in [0.1, 0.15) is 6.26 Å². The van der Waals surface area contributed by atoms with Gasteiger partial charge in [-0.1, -0.05) is 25.3 Å². The zero-order valence-corrected chi connectivity index (χ0v) is 15.9. The van der Waals surface area contributed by atoms with Crippen molar-refractivity contribution >= 4 is 17.6 Å². The zero-order valence-electron chi connectivity index (χ0n) is 15.9. The summed E-state index contributed by atoms with van der Waals surface area (Å²) in [5.74, 6) is -0.457. The maximum absolute atomic E-state index is 12.7. The van der Waals surface area contributed by atoms with Crippen LogP contribution in [0.2, 0.25) is 0 Å². The van der Waals surface area contributed by atoms with Crippen molar-refractivity contribution in [3.05, 3.63) is 35.7 Å². The van der Waals surface area contributed by atoms with Crippen LogP contribution in [0.5, 0.6) is 0 Å². The highest BCUT2D eigenvalue weighted by molar-refractivity contribution is 5.93. The van der Waals surface area contributed by atoms with E-state index in [4.69, 9.17) is 4.42 Å². The number of hydrogen-bond acceptors (Lipinski definition) is 4. The molecule has 2 aromatic rings. The number of oxazole rings is 1. The van der Waals surface area contributed by atoms with Crippen LogP contribution in [-0.2, 0) is 9.59 Å². The Bertz CT molecular complexity index is 834. The Balaban J connectivity index is 1.75. The molecule has 0 saturated heterocycles. The molecule has 1 fully saturated rings. The minimum atomic E-state index is -0.831. The van der Waals surface area contributed by atoms with E-state index >= 15 is 0 Å². The summed E-state index contributed by atoms with van der Waals surface area (Å²) in [4.78, 5) is 28.4. The number of nitrogens with zero attached hydrogens (tertiary/aromatic N) is 1. The van der Waals surface area contributed by atoms with Crippen LogP contribution in [0.4, 0.5) is 5.69 Å². The van der Waals surface area contributed by atoms with E-state index in [1.54, 1.807) is 6.26 Å². The van der Waals surface area contributed by atoms with Gasteiger partial charge in [0.15, 0.2) is 0 Å². The third-order valence-electron chi connectivity index (χ3n) is 5.35. The highest BCUT2D eigenvalue weighted by Crippen LogP contribution is 2.42. The van der Waals surface area contributed by atoms with Gasteiger partial charge in [-0.3, -0.25) is 9.59 Å². The van der Waals surface area contributed by atoms with Crippen LogP contribution in [0.15, 0.2) is 28.9 Å². The van der Waals surface area contributed by atoms with Crippen LogP contribution in [-0.4, -0.2) is 22.0 Å². The van der Waals surface area contributed by atoms with Gasteiger partial charge < -0.3 is 14.8 Å². The number of rotatable bonds is 6. The van der Waals surface area contributed by atoms with Crippen LogP contribution in [0, 0.1) is 19.3 Å². The summed E-state index contributed by atoms with van der Waals surface area (Å²) < 4.78 is 5.44. The Morgan fingerprint density at radius 1 is 1.19 bits per heavy atom. The molecule has 27 heavy (non-hydrogen) atoms. The van der Waals surface area contributed by atoms with Gasteiger partial charge in [0.05, 0.1) is 12.1 Å². The Labute approximate surface area is 159 Å². The molecule has 144 valence electrons. The van der Waals surface area contributed by atoms with E-state index in [1.807, 2.05) is 32.0 Å². The first-order valence-corrected chi connectivity index (χ1v) is 9.42. The molecule has 1 aromatic carbocycles. The molecule has 1 aliphatic rings. The topological polar surface area (TPSA) is 92.4 Å². The summed E-state index contributed by atoms with van der Waals surface area (Å²) in [5.41, 5.74) is 2.80. The van der Waals surface area contributed by atoms with Crippen LogP contribution >= 0.6 is 0 Å². The minimum Gasteiger partial charge on any atom is -0.481 e. The minimum absolute atomic E-state index is 0.0506. The molecule has 0 spiro atoms. The van der Waals surface area contributed by atoms with Crippen molar-refractivity contribution in [1.29, 1.82) is 0 Å². The normalized spacial score (nSPS) is 16.1. The average Bonchev–Trinajstić information content (AvgIpc) is 3.03. The maximum Gasteiger partial charge on any atom is 0.303 e. The second kappa shape index (κ2) is 7.94. The largest absolute Gasteiger partial charge is 0.481 e. The van der Waals surface area contributed by atoms with Gasteiger partial charge in [-0.05, 0) is 49.8 Å². The number of carbonyl (C=O) groups is 2. The van der Waals surface area contributed by atoms with Gasteiger partial charge >= 0.3 is 5.97 Å². The van der Waals surface area contributed by atoms with E-state index in [2.05, 4.69) is 10.3 Å². The monoisotopic (exact) mass is 370 g/mol. The summed E-state index contributed by atoms with van der Waals surface area (Å²) >= 11 is 0. The molecular formula is C21H26N2O4. The molecule has 0 radical (unpaired) electrons. The van der Waals surface area contributed by atoms with Crippen molar-refractivity contribution in [2.24, 2.45) is 5.41 Å². The molecule has 1 saturated carbocycles. The second-order valence-corrected chi connectivity index (χ2v) is 7.68. The average molecular weight is 370 g/mol. The van der Waals surface area contributed by atoms with Gasteiger partial charge in [0, 0.05) is 17.7 Å². The third kappa shape index (κ3) is 4.76. The van der Waals surface area contributed by atoms with Crippen molar-refractivity contribution < 1.29 is 19.1 Å². The number of hydrogen-bond donors (Lipinski definition) is 2. The van der Waals surface area contributed by atoms with Crippen molar-refractivity contribution in [3.63, 3.8) is 0 Å². The molecule has 0 unspecified atom stereocenters. The first-order valence-electron chi connectivity index (χ1n) is 9.42. The lowest BCUT2D eigenvalue weighted by atomic mass is 9.69. The number of benzene rings is 1. The Morgan fingerprint density at radius 2 is 1.93 bits per heavy atom. The lowest BCUT2D eigenvalue weighted by Gasteiger charge is -2.35. The number of anilines is 1. The van der Waals surface area contributed by atoms with Crippen molar-refractivity contribution in [1.82, 2.24) is 4.98 Å². The highest BCUT2D eigenvalue weighted by atomic mass is 16.4. The predicted octanol–water partition coefficient (Wildman–Crippen LogP) is 4.71. The van der Waals surface area contributed by atoms with Gasteiger partial charge in [0.2, 0.25) is 11.8 Å². The molecule has 1 aliphatic carbocycles. The van der Waals surface area contributed by atoms with Gasteiger partial charge in [-0.15, -0.1) is 0 Å². The number of carboxylic acid groups (broad SMARTS) is 1. The fourth-order valence-corrected chi connectivity index (χ4v) is 3.95. The number of aromatic nitrogens is 1. The van der Waals surface area contributed by atoms with E-state index in [1.165, 1.54) is 0 Å². The number of amides is 1. The first kappa shape index (κ1) is 19.1. The second-order valence-electron chi connectivity index (χ2n) is 7.68. The van der Waals surface area contributed by atoms with E-state index in [0.29, 0.717) is 11.6 Å². The van der Waals surface area contributed by atoms with E-state index < -0.39 is 11.4 Å². The molecule has 1 heterocycles. The van der Waals surface area contributed by atoms with Crippen LogP contribution in [0.3, 0.4) is 0 Å². The third-order valence-corrected chi connectivity index (χ3v) is 5.35. The van der Waals surface area contributed by atoms with Crippen LogP contribution in [0.25, 0.3) is 11.5 Å². The first-order chi connectivity index (χ1) is 12.9. The molecule has 1 aromatic heterocycles. The van der Waals surface area contributed by atoms with Crippen molar-refractivity contribution in [3.8, 4) is 11.5 Å². The Hall–Kier alpha value is -2.63. The van der Waals surface area contributed by atoms with E-state index in [0.717, 1.165) is 48.9 Å². The van der Waals surface area contributed by atoms with E-state index in [9.17, 15) is 14.7 Å². The summed E-state index contributed by atoms with van der Waals surface area (Å²) in [6.45, 7) is 3.78. The molecule has 0 aliphatic heterocycles. The standard InChI is InChI=1S/C21H26N2O4/c1-14-6-7-16(20-22-15(2)13-27-20)10-17(14)23-18(24)11-21(12-19(25)26)8-4-3-5-9-21/h6-7,10,13H,3-5,8-9,11-12H2,1-2H3,(H,23,24)(H,25,26). The van der Waals surface area contributed by atoms with Gasteiger partial charge in [0.25, 0.3) is 0 Å². The lowest BCUT2D eigenvalue weighted by molar-refractivity contribution is -0.140. The molecule has 0 bridgehead atoms. The SMILES string of the molecule is Cc1coc(-c2ccc(C)c(NC(=O)CC3(CC(=O)O)CCCCC3)c2)n1. The fraction of sp³-hybridized carbons (Fsp3) is 0.476. The number of aryl methyl sites for hydroxylation is 2. The number of aliphatic carboxylic acids is 1. The highest BCUT2D eigenvalue weighted by Gasteiger charge is 2.36. The van der Waals surface area contributed by atoms with Gasteiger partial charge in [-0.2, -0.15) is 0 Å². The Morgan fingerprint density at radius 3 is 2.56 bits per heavy atom. The quantitative estimate of drug-likeness (QED) is 0.768. The van der Waals surface area contributed by atoms with Crippen LogP contribution < -0.4 is 5.32 Å². The molecule has 2 N–H and O–H groups in total. The number of nitrogens with one attached hydrogen (secondary N) is 1. The summed E-state index contributed by atoms with van der Waals surface area (Å²) in [7, 11) is 0. The smallest absolute Gasteiger partial charge is 0.303 e. The fourth-order valence-electron chi connectivity index (χ4n) is 3.95. The van der Waals surface area contributed by atoms with Crippen LogP contribution in [0.1, 0.15) is 56.2 Å². The molecular weight excluding hydrogens is 344 g/mol. The molecule has 1 amide bonds. The number of carbonyl (C=O) groups excluding carboxylic acids is 1. The summed E-state index contributed by atoms with van der Waals surface area (Å²) in [6.07, 6.45) is 6.54. The summed E-state index contributed by atoms with van der Waals surface area (Å²) in [5, 5.41) is 12.3. The van der Waals surface area contributed by atoms with Crippen molar-refractivity contribution in [2.45, 2.75) is 58.8 Å². The predicted molar refractivity (Wildman–Crippen MR) is 102 cm³/mol. The number of carboxylic acids is 1. The zero-order chi connectivity index (χ0) is 19.4. The summed E-state index contributed by atoms with van der Waals surface area (Å²) in [6, 6.07) is 5.67. The molecule has 6 nitrogen and oxygen atoms in total. The molecule has 3 rings (SSSR count).